The van der Waals surface area contributed by atoms with Crippen molar-refractivity contribution in [2.75, 3.05) is 23.3 Å². The lowest BCUT2D eigenvalue weighted by atomic mass is 10.2. The molecule has 0 saturated carbocycles. The molecule has 0 amide bonds. The number of rotatable bonds is 5. The van der Waals surface area contributed by atoms with Crippen LogP contribution >= 0.6 is 0 Å². The van der Waals surface area contributed by atoms with E-state index in [0.29, 0.717) is 5.69 Å². The van der Waals surface area contributed by atoms with Gasteiger partial charge in [0.05, 0.1) is 22.7 Å². The van der Waals surface area contributed by atoms with Crippen molar-refractivity contribution in [3.63, 3.8) is 0 Å². The number of nitrogen functional groups attached to an aromatic ring is 1. The van der Waals surface area contributed by atoms with Crippen molar-refractivity contribution in [1.82, 2.24) is 0 Å². The Bertz CT molecular complexity index is 527. The van der Waals surface area contributed by atoms with Crippen molar-refractivity contribution in [3.8, 4) is 0 Å². The second-order valence-corrected chi connectivity index (χ2v) is 5.13. The van der Waals surface area contributed by atoms with Gasteiger partial charge in [-0.25, -0.2) is 18.4 Å². The molecule has 0 aliphatic heterocycles. The van der Waals surface area contributed by atoms with Crippen LogP contribution in [0.15, 0.2) is 18.2 Å². The highest BCUT2D eigenvalue weighted by Gasteiger charge is 2.07. The summed E-state index contributed by atoms with van der Waals surface area (Å²) in [6, 6.07) is 4.14. The van der Waals surface area contributed by atoms with Crippen LogP contribution in [-0.2, 0) is 10.0 Å². The molecule has 1 rings (SSSR count). The molecule has 0 saturated heterocycles. The first kappa shape index (κ1) is 13.3. The van der Waals surface area contributed by atoms with Gasteiger partial charge in [0.25, 0.3) is 0 Å². The molecule has 1 aromatic carbocycles. The molecule has 6 N–H and O–H groups in total. The zero-order chi connectivity index (χ0) is 13.1. The predicted molar refractivity (Wildman–Crippen MR) is 64.3 cm³/mol. The van der Waals surface area contributed by atoms with Gasteiger partial charge in [0, 0.05) is 6.54 Å². The monoisotopic (exact) mass is 259 g/mol. The molecular formula is C9H13N3O4S. The van der Waals surface area contributed by atoms with Gasteiger partial charge >= 0.3 is 5.97 Å². The molecule has 0 heterocycles. The van der Waals surface area contributed by atoms with Crippen molar-refractivity contribution in [2.45, 2.75) is 0 Å². The minimum Gasteiger partial charge on any atom is -0.478 e. The highest BCUT2D eigenvalue weighted by atomic mass is 32.2. The fraction of sp³-hybridized carbons (Fsp3) is 0.222. The first-order chi connectivity index (χ1) is 7.79. The lowest BCUT2D eigenvalue weighted by Crippen LogP contribution is -2.22. The molecule has 0 aliphatic carbocycles. The summed E-state index contributed by atoms with van der Waals surface area (Å²) >= 11 is 0. The van der Waals surface area contributed by atoms with Crippen LogP contribution in [0.3, 0.4) is 0 Å². The van der Waals surface area contributed by atoms with E-state index in [9.17, 15) is 13.2 Å². The smallest absolute Gasteiger partial charge is 0.335 e. The van der Waals surface area contributed by atoms with E-state index in [0.717, 1.165) is 0 Å². The maximum Gasteiger partial charge on any atom is 0.335 e. The van der Waals surface area contributed by atoms with E-state index in [1.807, 2.05) is 0 Å². The number of sulfonamides is 1. The third-order valence-electron chi connectivity index (χ3n) is 2.00. The van der Waals surface area contributed by atoms with Crippen molar-refractivity contribution in [2.24, 2.45) is 5.14 Å². The zero-order valence-corrected chi connectivity index (χ0v) is 9.70. The van der Waals surface area contributed by atoms with Crippen molar-refractivity contribution >= 4 is 27.4 Å². The summed E-state index contributed by atoms with van der Waals surface area (Å²) in [6.45, 7) is 0.107. The van der Waals surface area contributed by atoms with Gasteiger partial charge in [-0.1, -0.05) is 0 Å². The summed E-state index contributed by atoms with van der Waals surface area (Å²) in [5.74, 6) is -1.31. The Morgan fingerprint density at radius 2 is 2.06 bits per heavy atom. The molecule has 0 unspecified atom stereocenters. The summed E-state index contributed by atoms with van der Waals surface area (Å²) in [7, 11) is -3.53. The number of carboxylic acids is 1. The summed E-state index contributed by atoms with van der Waals surface area (Å²) in [5, 5.41) is 16.3. The van der Waals surface area contributed by atoms with Gasteiger partial charge in [-0.3, -0.25) is 0 Å². The highest BCUT2D eigenvalue weighted by Crippen LogP contribution is 2.19. The van der Waals surface area contributed by atoms with E-state index >= 15 is 0 Å². The van der Waals surface area contributed by atoms with Gasteiger partial charge in [-0.2, -0.15) is 0 Å². The van der Waals surface area contributed by atoms with Crippen LogP contribution in [0, 0.1) is 0 Å². The van der Waals surface area contributed by atoms with Gasteiger partial charge in [0.15, 0.2) is 0 Å². The van der Waals surface area contributed by atoms with Crippen molar-refractivity contribution in [1.29, 1.82) is 0 Å². The predicted octanol–water partition coefficient (Wildman–Crippen LogP) is -0.333. The normalized spacial score (nSPS) is 11.1. The highest BCUT2D eigenvalue weighted by molar-refractivity contribution is 7.89. The average Bonchev–Trinajstić information content (AvgIpc) is 2.18. The topological polar surface area (TPSA) is 136 Å². The Balaban J connectivity index is 2.70. The van der Waals surface area contributed by atoms with Gasteiger partial charge in [-0.15, -0.1) is 0 Å². The number of hydrogen-bond acceptors (Lipinski definition) is 5. The molecule has 7 nitrogen and oxygen atoms in total. The molecule has 0 spiro atoms. The molecule has 0 aliphatic rings. The number of primary sulfonamides is 1. The van der Waals surface area contributed by atoms with Gasteiger partial charge in [0.1, 0.15) is 0 Å². The lowest BCUT2D eigenvalue weighted by Gasteiger charge is -2.09. The number of carbonyl (C=O) groups is 1. The lowest BCUT2D eigenvalue weighted by molar-refractivity contribution is 0.0697. The first-order valence-corrected chi connectivity index (χ1v) is 6.38. The average molecular weight is 259 g/mol. The Morgan fingerprint density at radius 3 is 2.53 bits per heavy atom. The number of nitrogens with two attached hydrogens (primary N) is 2. The van der Waals surface area contributed by atoms with Crippen molar-refractivity contribution < 1.29 is 18.3 Å². The number of anilines is 2. The van der Waals surface area contributed by atoms with Crippen LogP contribution in [0.25, 0.3) is 0 Å². The maximum absolute atomic E-state index is 10.7. The third-order valence-corrected chi connectivity index (χ3v) is 2.77. The zero-order valence-electron chi connectivity index (χ0n) is 8.88. The van der Waals surface area contributed by atoms with Crippen LogP contribution < -0.4 is 16.2 Å². The maximum atomic E-state index is 10.7. The van der Waals surface area contributed by atoms with Crippen LogP contribution in [-0.4, -0.2) is 31.8 Å². The molecule has 94 valence electrons. The van der Waals surface area contributed by atoms with Gasteiger partial charge in [0.2, 0.25) is 10.0 Å². The number of carboxylic acid groups (broad SMARTS) is 1. The van der Waals surface area contributed by atoms with E-state index in [2.05, 4.69) is 5.32 Å². The van der Waals surface area contributed by atoms with E-state index < -0.39 is 16.0 Å². The molecular weight excluding hydrogens is 246 g/mol. The fourth-order valence-corrected chi connectivity index (χ4v) is 1.57. The summed E-state index contributed by atoms with van der Waals surface area (Å²) in [6.07, 6.45) is 0. The van der Waals surface area contributed by atoms with Crippen LogP contribution in [0.5, 0.6) is 0 Å². The molecule has 8 heteroatoms. The summed E-state index contributed by atoms with van der Waals surface area (Å²) < 4.78 is 21.4. The molecule has 0 fully saturated rings. The molecule has 0 aromatic heterocycles. The molecule has 0 atom stereocenters. The Kier molecular flexibility index (Phi) is 3.92. The summed E-state index contributed by atoms with van der Waals surface area (Å²) in [4.78, 5) is 10.6. The van der Waals surface area contributed by atoms with E-state index in [1.54, 1.807) is 0 Å². The SMILES string of the molecule is Nc1cc(C(=O)O)ccc1NCCS(N)(=O)=O. The number of aromatic carboxylic acids is 1. The molecule has 0 bridgehead atoms. The number of hydrogen-bond donors (Lipinski definition) is 4. The second-order valence-electron chi connectivity index (χ2n) is 3.40. The molecule has 17 heavy (non-hydrogen) atoms. The van der Waals surface area contributed by atoms with E-state index in [1.165, 1.54) is 18.2 Å². The third kappa shape index (κ3) is 4.29. The minimum atomic E-state index is -3.53. The first-order valence-electron chi connectivity index (χ1n) is 4.67. The molecule has 0 radical (unpaired) electrons. The Hall–Kier alpha value is -1.80. The van der Waals surface area contributed by atoms with E-state index in [4.69, 9.17) is 16.0 Å². The largest absolute Gasteiger partial charge is 0.478 e. The number of nitrogens with one attached hydrogen (secondary N) is 1. The van der Waals surface area contributed by atoms with Gasteiger partial charge < -0.3 is 16.2 Å². The minimum absolute atomic E-state index is 0.0690. The number of benzene rings is 1. The molecule has 1 aromatic rings. The quantitative estimate of drug-likeness (QED) is 0.534. The Labute approximate surface area is 98.5 Å². The fourth-order valence-electron chi connectivity index (χ4n) is 1.18. The van der Waals surface area contributed by atoms with Crippen molar-refractivity contribution in [3.05, 3.63) is 23.8 Å². The second kappa shape index (κ2) is 5.02. The Morgan fingerprint density at radius 1 is 1.41 bits per heavy atom. The summed E-state index contributed by atoms with van der Waals surface area (Å²) in [5.41, 5.74) is 6.38. The standard InChI is InChI=1S/C9H13N3O4S/c10-7-5-6(9(13)14)1-2-8(7)12-3-4-17(11,15)16/h1-2,5,12H,3-4,10H2,(H,13,14)(H2,11,15,16). The van der Waals surface area contributed by atoms with Crippen LogP contribution in [0.2, 0.25) is 0 Å². The van der Waals surface area contributed by atoms with Crippen LogP contribution in [0.1, 0.15) is 10.4 Å². The van der Waals surface area contributed by atoms with E-state index in [-0.39, 0.29) is 23.5 Å². The van der Waals surface area contributed by atoms with Crippen LogP contribution in [0.4, 0.5) is 11.4 Å². The van der Waals surface area contributed by atoms with Gasteiger partial charge in [-0.05, 0) is 18.2 Å².